The lowest BCUT2D eigenvalue weighted by Gasteiger charge is -2.20. The lowest BCUT2D eigenvalue weighted by molar-refractivity contribution is 0.402. The first kappa shape index (κ1) is 17.2. The minimum Gasteiger partial charge on any atom is -0.480 e. The molecule has 4 aromatic rings. The molecule has 0 unspecified atom stereocenters. The molecule has 0 fully saturated rings. The van der Waals surface area contributed by atoms with E-state index in [4.69, 9.17) is 10.5 Å². The van der Waals surface area contributed by atoms with Crippen LogP contribution in [0.4, 0.5) is 0 Å². The monoisotopic (exact) mass is 359 g/mol. The van der Waals surface area contributed by atoms with Crippen LogP contribution < -0.4 is 10.5 Å². The van der Waals surface area contributed by atoms with Crippen LogP contribution in [0.25, 0.3) is 28.1 Å². The highest BCUT2D eigenvalue weighted by Gasteiger charge is 2.19. The molecule has 4 rings (SSSR count). The van der Waals surface area contributed by atoms with Gasteiger partial charge in [-0.05, 0) is 49.7 Å². The molecule has 6 nitrogen and oxygen atoms in total. The van der Waals surface area contributed by atoms with Gasteiger partial charge in [-0.15, -0.1) is 0 Å². The zero-order valence-corrected chi connectivity index (χ0v) is 15.5. The maximum atomic E-state index is 6.22. The van der Waals surface area contributed by atoms with Crippen molar-refractivity contribution in [3.05, 3.63) is 66.6 Å². The summed E-state index contributed by atoms with van der Waals surface area (Å²) in [5.74, 6) is 0.538. The molecule has 0 spiro atoms. The largest absolute Gasteiger partial charge is 0.480 e. The van der Waals surface area contributed by atoms with Gasteiger partial charge in [-0.2, -0.15) is 0 Å². The van der Waals surface area contributed by atoms with Crippen LogP contribution in [0.2, 0.25) is 0 Å². The molecule has 0 amide bonds. The molecule has 27 heavy (non-hydrogen) atoms. The van der Waals surface area contributed by atoms with Gasteiger partial charge in [-0.3, -0.25) is 9.55 Å². The first-order valence-corrected chi connectivity index (χ1v) is 8.70. The normalized spacial score (nSPS) is 11.7. The van der Waals surface area contributed by atoms with Crippen molar-refractivity contribution in [3.63, 3.8) is 0 Å². The third-order valence-electron chi connectivity index (χ3n) is 4.55. The van der Waals surface area contributed by atoms with Gasteiger partial charge in [0, 0.05) is 17.4 Å². The molecule has 2 N–H and O–H groups in total. The Morgan fingerprint density at radius 1 is 1.00 bits per heavy atom. The summed E-state index contributed by atoms with van der Waals surface area (Å²) in [5.41, 5.74) is 10.4. The van der Waals surface area contributed by atoms with E-state index in [1.807, 2.05) is 62.4 Å². The highest BCUT2D eigenvalue weighted by atomic mass is 16.5. The highest BCUT2D eigenvalue weighted by molar-refractivity contribution is 5.89. The summed E-state index contributed by atoms with van der Waals surface area (Å²) >= 11 is 0. The van der Waals surface area contributed by atoms with Gasteiger partial charge >= 0.3 is 0 Å². The Bertz CT molecular complexity index is 1080. The summed E-state index contributed by atoms with van der Waals surface area (Å²) in [4.78, 5) is 13.2. The van der Waals surface area contributed by atoms with E-state index in [1.54, 1.807) is 13.3 Å². The first-order valence-electron chi connectivity index (χ1n) is 8.70. The van der Waals surface area contributed by atoms with E-state index in [0.717, 1.165) is 33.7 Å². The molecular weight excluding hydrogens is 338 g/mol. The molecule has 0 aliphatic heterocycles. The van der Waals surface area contributed by atoms with E-state index in [-0.39, 0.29) is 0 Å². The van der Waals surface area contributed by atoms with Crippen LogP contribution in [-0.2, 0) is 5.54 Å². The summed E-state index contributed by atoms with van der Waals surface area (Å²) in [5, 5.41) is 0.837. The number of pyridine rings is 1. The molecule has 1 aromatic carbocycles. The van der Waals surface area contributed by atoms with Crippen LogP contribution in [0.3, 0.4) is 0 Å². The Balaban J connectivity index is 1.98. The Labute approximate surface area is 157 Å². The standard InChI is InChI=1S/C21H21N5O/c1-21(2,22)14-7-9-15(10-8-14)26-18(17-6-4-5-11-23-17)12-16-19(26)24-13-25-20(16)27-3/h4-13H,22H2,1-3H3. The minimum absolute atomic E-state index is 0.396. The predicted molar refractivity (Wildman–Crippen MR) is 106 cm³/mol. The number of fused-ring (bicyclic) bond motifs is 1. The average molecular weight is 359 g/mol. The molecule has 6 heteroatoms. The molecule has 3 heterocycles. The van der Waals surface area contributed by atoms with Crippen LogP contribution in [0, 0.1) is 0 Å². The van der Waals surface area contributed by atoms with Gasteiger partial charge in [0.2, 0.25) is 5.88 Å². The van der Waals surface area contributed by atoms with E-state index in [9.17, 15) is 0 Å². The van der Waals surface area contributed by atoms with Crippen molar-refractivity contribution in [1.82, 2.24) is 19.5 Å². The third-order valence-corrected chi connectivity index (χ3v) is 4.55. The topological polar surface area (TPSA) is 78.9 Å². The SMILES string of the molecule is COc1ncnc2c1cc(-c1ccccn1)n2-c1ccc(C(C)(C)N)cc1. The van der Waals surface area contributed by atoms with Crippen LogP contribution in [0.15, 0.2) is 61.1 Å². The average Bonchev–Trinajstić information content (AvgIpc) is 3.07. The number of aromatic nitrogens is 4. The fraction of sp³-hybridized carbons (Fsp3) is 0.190. The number of hydrogen-bond acceptors (Lipinski definition) is 5. The third kappa shape index (κ3) is 3.04. The van der Waals surface area contributed by atoms with E-state index < -0.39 is 5.54 Å². The van der Waals surface area contributed by atoms with Gasteiger partial charge in [0.05, 0.1) is 23.9 Å². The molecule has 0 saturated heterocycles. The van der Waals surface area contributed by atoms with Crippen molar-refractivity contribution in [2.75, 3.05) is 7.11 Å². The molecule has 0 atom stereocenters. The van der Waals surface area contributed by atoms with Crippen molar-refractivity contribution in [2.45, 2.75) is 19.4 Å². The van der Waals surface area contributed by atoms with Crippen molar-refractivity contribution < 1.29 is 4.74 Å². The molecule has 0 aliphatic rings. The lowest BCUT2D eigenvalue weighted by Crippen LogP contribution is -2.28. The molecular formula is C21H21N5O. The Hall–Kier alpha value is -3.25. The second-order valence-corrected chi connectivity index (χ2v) is 6.97. The summed E-state index contributed by atoms with van der Waals surface area (Å²) in [7, 11) is 1.61. The molecule has 0 saturated carbocycles. The zero-order chi connectivity index (χ0) is 19.0. The second kappa shape index (κ2) is 6.48. The lowest BCUT2D eigenvalue weighted by atomic mass is 9.95. The van der Waals surface area contributed by atoms with Gasteiger partial charge in [0.25, 0.3) is 0 Å². The van der Waals surface area contributed by atoms with Crippen molar-refractivity contribution >= 4 is 11.0 Å². The number of methoxy groups -OCH3 is 1. The maximum Gasteiger partial charge on any atom is 0.225 e. The van der Waals surface area contributed by atoms with Gasteiger partial charge in [-0.1, -0.05) is 18.2 Å². The number of benzene rings is 1. The summed E-state index contributed by atoms with van der Waals surface area (Å²) in [6.45, 7) is 3.98. The van der Waals surface area contributed by atoms with Gasteiger partial charge in [-0.25, -0.2) is 9.97 Å². The van der Waals surface area contributed by atoms with Gasteiger partial charge in [0.1, 0.15) is 6.33 Å². The quantitative estimate of drug-likeness (QED) is 0.601. The Morgan fingerprint density at radius 2 is 1.78 bits per heavy atom. The number of rotatable bonds is 4. The van der Waals surface area contributed by atoms with Crippen molar-refractivity contribution in [3.8, 4) is 23.0 Å². The van der Waals surface area contributed by atoms with Gasteiger partial charge < -0.3 is 10.5 Å². The summed E-state index contributed by atoms with van der Waals surface area (Å²) in [6, 6.07) is 16.0. The number of nitrogens with two attached hydrogens (primary N) is 1. The first-order chi connectivity index (χ1) is 13.0. The van der Waals surface area contributed by atoms with Gasteiger partial charge in [0.15, 0.2) is 5.65 Å². The zero-order valence-electron chi connectivity index (χ0n) is 15.5. The predicted octanol–water partition coefficient (Wildman–Crippen LogP) is 3.68. The Morgan fingerprint density at radius 3 is 2.41 bits per heavy atom. The van der Waals surface area contributed by atoms with Crippen molar-refractivity contribution in [2.24, 2.45) is 5.73 Å². The highest BCUT2D eigenvalue weighted by Crippen LogP contribution is 2.33. The molecule has 0 radical (unpaired) electrons. The van der Waals surface area contributed by atoms with Crippen molar-refractivity contribution in [1.29, 1.82) is 0 Å². The molecule has 0 aliphatic carbocycles. The summed E-state index contributed by atoms with van der Waals surface area (Å²) in [6.07, 6.45) is 3.29. The summed E-state index contributed by atoms with van der Waals surface area (Å²) < 4.78 is 7.49. The Kier molecular flexibility index (Phi) is 4.12. The van der Waals surface area contributed by atoms with Crippen LogP contribution in [0.1, 0.15) is 19.4 Å². The van der Waals surface area contributed by atoms with Crippen LogP contribution in [-0.4, -0.2) is 26.6 Å². The maximum absolute atomic E-state index is 6.22. The molecule has 3 aromatic heterocycles. The second-order valence-electron chi connectivity index (χ2n) is 6.97. The molecule has 0 bridgehead atoms. The van der Waals surface area contributed by atoms with E-state index in [2.05, 4.69) is 19.5 Å². The van der Waals surface area contributed by atoms with E-state index in [0.29, 0.717) is 5.88 Å². The van der Waals surface area contributed by atoms with Crippen LogP contribution >= 0.6 is 0 Å². The smallest absolute Gasteiger partial charge is 0.225 e. The molecule has 136 valence electrons. The van der Waals surface area contributed by atoms with Crippen LogP contribution in [0.5, 0.6) is 5.88 Å². The van der Waals surface area contributed by atoms with E-state index in [1.165, 1.54) is 6.33 Å². The fourth-order valence-electron chi connectivity index (χ4n) is 3.16. The van der Waals surface area contributed by atoms with E-state index >= 15 is 0 Å². The fourth-order valence-corrected chi connectivity index (χ4v) is 3.16. The minimum atomic E-state index is -0.396. The number of hydrogen-bond donors (Lipinski definition) is 1. The number of ether oxygens (including phenoxy) is 1. The number of nitrogens with zero attached hydrogens (tertiary/aromatic N) is 4.